The van der Waals surface area contributed by atoms with Crippen LogP contribution in [0.25, 0.3) is 11.3 Å². The first-order valence-corrected chi connectivity index (χ1v) is 5.92. The van der Waals surface area contributed by atoms with E-state index in [1.54, 1.807) is 0 Å². The highest BCUT2D eigenvalue weighted by molar-refractivity contribution is 7.13. The van der Waals surface area contributed by atoms with Gasteiger partial charge in [-0.1, -0.05) is 0 Å². The van der Waals surface area contributed by atoms with Crippen LogP contribution in [-0.2, 0) is 0 Å². The lowest BCUT2D eigenvalue weighted by Gasteiger charge is -2.00. The van der Waals surface area contributed by atoms with Crippen LogP contribution in [0, 0.1) is 6.92 Å². The summed E-state index contributed by atoms with van der Waals surface area (Å²) >= 11 is 1.39. The van der Waals surface area contributed by atoms with Crippen LogP contribution in [0.4, 0.5) is 0 Å². The maximum Gasteiger partial charge on any atom is 0.231 e. The van der Waals surface area contributed by atoms with Crippen LogP contribution in [0.2, 0.25) is 0 Å². The van der Waals surface area contributed by atoms with Crippen LogP contribution >= 0.6 is 11.3 Å². The molecule has 0 N–H and O–H groups in total. The number of benzene rings is 1. The van der Waals surface area contributed by atoms with Crippen LogP contribution in [0.5, 0.6) is 11.5 Å². The van der Waals surface area contributed by atoms with Crippen LogP contribution in [0.1, 0.15) is 14.7 Å². The molecule has 1 aromatic heterocycles. The Balaban J connectivity index is 2.08. The minimum Gasteiger partial charge on any atom is -0.454 e. The third-order valence-electron chi connectivity index (χ3n) is 2.56. The van der Waals surface area contributed by atoms with Crippen LogP contribution in [0.15, 0.2) is 18.2 Å². The van der Waals surface area contributed by atoms with Crippen molar-refractivity contribution < 1.29 is 14.3 Å². The Morgan fingerprint density at radius 1 is 1.35 bits per heavy atom. The molecule has 2 heterocycles. The van der Waals surface area contributed by atoms with Gasteiger partial charge in [-0.3, -0.25) is 4.79 Å². The van der Waals surface area contributed by atoms with Gasteiger partial charge in [-0.2, -0.15) is 0 Å². The minimum atomic E-state index is 0.258. The van der Waals surface area contributed by atoms with E-state index in [-0.39, 0.29) is 6.79 Å². The van der Waals surface area contributed by atoms with Gasteiger partial charge in [0, 0.05) is 10.4 Å². The quantitative estimate of drug-likeness (QED) is 0.765. The van der Waals surface area contributed by atoms with Crippen molar-refractivity contribution in [1.29, 1.82) is 0 Å². The number of rotatable bonds is 2. The predicted octanol–water partition coefficient (Wildman–Crippen LogP) is 2.66. The summed E-state index contributed by atoms with van der Waals surface area (Å²) in [7, 11) is 0. The summed E-state index contributed by atoms with van der Waals surface area (Å²) in [5.41, 5.74) is 1.77. The molecule has 5 heteroatoms. The van der Waals surface area contributed by atoms with Gasteiger partial charge in [-0.25, -0.2) is 4.98 Å². The molecule has 1 aliphatic heterocycles. The highest BCUT2D eigenvalue weighted by Gasteiger charge is 2.16. The molecule has 0 amide bonds. The smallest absolute Gasteiger partial charge is 0.231 e. The van der Waals surface area contributed by atoms with Crippen molar-refractivity contribution in [1.82, 2.24) is 4.98 Å². The Morgan fingerprint density at radius 3 is 2.94 bits per heavy atom. The zero-order valence-corrected chi connectivity index (χ0v) is 9.91. The largest absolute Gasteiger partial charge is 0.454 e. The third-order valence-corrected chi connectivity index (χ3v) is 3.46. The van der Waals surface area contributed by atoms with E-state index in [0.29, 0.717) is 5.01 Å². The molecule has 0 saturated heterocycles. The first-order chi connectivity index (χ1) is 8.28. The van der Waals surface area contributed by atoms with E-state index >= 15 is 0 Å². The van der Waals surface area contributed by atoms with Crippen molar-refractivity contribution in [2.45, 2.75) is 6.92 Å². The summed E-state index contributed by atoms with van der Waals surface area (Å²) in [5.74, 6) is 1.47. The Bertz CT molecular complexity index is 591. The molecule has 0 radical (unpaired) electrons. The van der Waals surface area contributed by atoms with Gasteiger partial charge < -0.3 is 9.47 Å². The van der Waals surface area contributed by atoms with Gasteiger partial charge in [-0.15, -0.1) is 11.3 Å². The summed E-state index contributed by atoms with van der Waals surface area (Å²) in [6.07, 6.45) is 0.772. The average molecular weight is 247 g/mol. The molecule has 1 aliphatic rings. The van der Waals surface area contributed by atoms with Crippen LogP contribution in [0.3, 0.4) is 0 Å². The molecule has 0 unspecified atom stereocenters. The lowest BCUT2D eigenvalue weighted by Crippen LogP contribution is -1.92. The first kappa shape index (κ1) is 10.3. The highest BCUT2D eigenvalue weighted by atomic mass is 32.1. The lowest BCUT2D eigenvalue weighted by molar-refractivity contribution is 0.112. The molecule has 0 bridgehead atoms. The fourth-order valence-electron chi connectivity index (χ4n) is 1.78. The molecule has 0 saturated carbocycles. The lowest BCUT2D eigenvalue weighted by atomic mass is 10.1. The fraction of sp³-hybridized carbons (Fsp3) is 0.167. The number of hydrogen-bond acceptors (Lipinski definition) is 5. The van der Waals surface area contributed by atoms with E-state index in [9.17, 15) is 4.79 Å². The summed E-state index contributed by atoms with van der Waals surface area (Å²) in [5, 5.41) is 0.496. The Kier molecular flexibility index (Phi) is 2.33. The van der Waals surface area contributed by atoms with Crippen molar-refractivity contribution in [3.05, 3.63) is 28.1 Å². The molecule has 0 spiro atoms. The summed E-state index contributed by atoms with van der Waals surface area (Å²) in [4.78, 5) is 16.0. The Morgan fingerprint density at radius 2 is 2.18 bits per heavy atom. The molecule has 86 valence electrons. The number of aromatic nitrogens is 1. The van der Waals surface area contributed by atoms with Crippen LogP contribution < -0.4 is 9.47 Å². The molecular formula is C12H9NO3S. The molecule has 0 fully saturated rings. The molecule has 4 nitrogen and oxygen atoms in total. The van der Waals surface area contributed by atoms with Crippen LogP contribution in [-0.4, -0.2) is 18.1 Å². The van der Waals surface area contributed by atoms with Gasteiger partial charge in [0.15, 0.2) is 22.8 Å². The molecule has 0 aliphatic carbocycles. The van der Waals surface area contributed by atoms with Crippen molar-refractivity contribution >= 4 is 17.6 Å². The maximum atomic E-state index is 10.7. The van der Waals surface area contributed by atoms with E-state index in [2.05, 4.69) is 4.98 Å². The average Bonchev–Trinajstić information content (AvgIpc) is 2.93. The summed E-state index contributed by atoms with van der Waals surface area (Å²) < 4.78 is 10.6. The van der Waals surface area contributed by atoms with E-state index < -0.39 is 0 Å². The normalized spacial score (nSPS) is 12.8. The number of hydrogen-bond donors (Lipinski definition) is 0. The zero-order valence-electron chi connectivity index (χ0n) is 9.10. The van der Waals surface area contributed by atoms with Gasteiger partial charge >= 0.3 is 0 Å². The first-order valence-electron chi connectivity index (χ1n) is 5.10. The van der Waals surface area contributed by atoms with E-state index in [1.165, 1.54) is 11.3 Å². The number of aryl methyl sites for hydroxylation is 1. The highest BCUT2D eigenvalue weighted by Crippen LogP contribution is 2.37. The van der Waals surface area contributed by atoms with Crippen molar-refractivity contribution in [2.24, 2.45) is 0 Å². The predicted molar refractivity (Wildman–Crippen MR) is 63.8 cm³/mol. The number of thiazole rings is 1. The minimum absolute atomic E-state index is 0.258. The van der Waals surface area contributed by atoms with E-state index in [1.807, 2.05) is 25.1 Å². The van der Waals surface area contributed by atoms with Gasteiger partial charge in [0.25, 0.3) is 0 Å². The van der Waals surface area contributed by atoms with Gasteiger partial charge in [0.2, 0.25) is 6.79 Å². The van der Waals surface area contributed by atoms with Crippen molar-refractivity contribution in [2.75, 3.05) is 6.79 Å². The Hall–Kier alpha value is -1.88. The van der Waals surface area contributed by atoms with Crippen molar-refractivity contribution in [3.8, 4) is 22.8 Å². The SMILES string of the molecule is Cc1sc(C=O)nc1-c1ccc2c(c1)OCO2. The summed E-state index contributed by atoms with van der Waals surface area (Å²) in [6, 6.07) is 5.67. The number of nitrogens with zero attached hydrogens (tertiary/aromatic N) is 1. The monoisotopic (exact) mass is 247 g/mol. The third kappa shape index (κ3) is 1.68. The molecule has 2 aromatic rings. The molecular weight excluding hydrogens is 238 g/mol. The second-order valence-corrected chi connectivity index (χ2v) is 4.88. The number of aldehydes is 1. The molecule has 3 rings (SSSR count). The van der Waals surface area contributed by atoms with E-state index in [0.717, 1.165) is 33.9 Å². The second-order valence-electron chi connectivity index (χ2n) is 3.64. The van der Waals surface area contributed by atoms with Gasteiger partial charge in [-0.05, 0) is 25.1 Å². The number of fused-ring (bicyclic) bond motifs is 1. The van der Waals surface area contributed by atoms with E-state index in [4.69, 9.17) is 9.47 Å². The van der Waals surface area contributed by atoms with Gasteiger partial charge in [0.05, 0.1) is 5.69 Å². The number of carbonyl (C=O) groups is 1. The summed E-state index contributed by atoms with van der Waals surface area (Å²) in [6.45, 7) is 2.21. The number of ether oxygens (including phenoxy) is 2. The zero-order chi connectivity index (χ0) is 11.8. The number of carbonyl (C=O) groups excluding carboxylic acids is 1. The second kappa shape index (κ2) is 3.85. The van der Waals surface area contributed by atoms with Gasteiger partial charge in [0.1, 0.15) is 0 Å². The fourth-order valence-corrected chi connectivity index (χ4v) is 2.54. The molecule has 0 atom stereocenters. The maximum absolute atomic E-state index is 10.7. The van der Waals surface area contributed by atoms with Crippen molar-refractivity contribution in [3.63, 3.8) is 0 Å². The molecule has 1 aromatic carbocycles. The molecule has 17 heavy (non-hydrogen) atoms. The topological polar surface area (TPSA) is 48.4 Å². The Labute approximate surface area is 102 Å². The standard InChI is InChI=1S/C12H9NO3S/c1-7-12(13-11(5-14)17-7)8-2-3-9-10(4-8)16-6-15-9/h2-5H,6H2,1H3.